The molecule has 1 unspecified atom stereocenters. The van der Waals surface area contributed by atoms with Crippen molar-refractivity contribution in [1.29, 1.82) is 0 Å². The first-order chi connectivity index (χ1) is 11.6. The summed E-state index contributed by atoms with van der Waals surface area (Å²) in [5.74, 6) is 0.534. The molecule has 1 saturated carbocycles. The van der Waals surface area contributed by atoms with Crippen molar-refractivity contribution in [3.05, 3.63) is 47.3 Å². The molecule has 1 fully saturated rings. The molecule has 1 aliphatic rings. The number of aromatic nitrogens is 3. The number of hydrogen-bond donors (Lipinski definition) is 2. The monoisotopic (exact) mass is 341 g/mol. The maximum absolute atomic E-state index is 11.3. The van der Waals surface area contributed by atoms with Crippen LogP contribution in [0.15, 0.2) is 30.5 Å². The van der Waals surface area contributed by atoms with Crippen LogP contribution in [0.3, 0.4) is 0 Å². The molecule has 1 atom stereocenters. The van der Waals surface area contributed by atoms with Gasteiger partial charge in [0.15, 0.2) is 0 Å². The normalized spacial score (nSPS) is 16.0. The number of thiol groups is 1. The molecule has 2 heterocycles. The lowest BCUT2D eigenvalue weighted by atomic mass is 9.98. The van der Waals surface area contributed by atoms with Crippen LogP contribution in [0.2, 0.25) is 0 Å². The van der Waals surface area contributed by atoms with Crippen LogP contribution in [0.4, 0.5) is 0 Å². The van der Waals surface area contributed by atoms with Gasteiger partial charge in [0.2, 0.25) is 0 Å². The summed E-state index contributed by atoms with van der Waals surface area (Å²) in [6, 6.07) is 7.83. The maximum Gasteiger partial charge on any atom is 0.146 e. The Bertz CT molecular complexity index is 995. The fourth-order valence-corrected chi connectivity index (χ4v) is 3.78. The highest BCUT2D eigenvalue weighted by atomic mass is 32.2. The van der Waals surface area contributed by atoms with Crippen LogP contribution in [-0.4, -0.2) is 23.6 Å². The second-order valence-electron chi connectivity index (χ2n) is 6.50. The van der Waals surface area contributed by atoms with Crippen LogP contribution in [-0.2, 0) is 10.7 Å². The minimum absolute atomic E-state index is 0.478. The van der Waals surface area contributed by atoms with Gasteiger partial charge in [0, 0.05) is 23.1 Å². The molecule has 2 aromatic heterocycles. The first-order valence-corrected chi connectivity index (χ1v) is 9.38. The molecule has 4 rings (SSSR count). The van der Waals surface area contributed by atoms with Gasteiger partial charge in [0.25, 0.3) is 0 Å². The molecular weight excluding hydrogens is 322 g/mol. The van der Waals surface area contributed by atoms with Gasteiger partial charge in [-0.15, -0.1) is 0 Å². The highest BCUT2D eigenvalue weighted by Gasteiger charge is 2.29. The number of aromatic amines is 1. The Hall–Kier alpha value is -2.21. The zero-order chi connectivity index (χ0) is 16.8. The first-order valence-electron chi connectivity index (χ1n) is 8.13. The van der Waals surface area contributed by atoms with Crippen molar-refractivity contribution >= 4 is 21.6 Å². The maximum atomic E-state index is 11.3. The van der Waals surface area contributed by atoms with Crippen molar-refractivity contribution in [2.24, 2.45) is 0 Å². The Morgan fingerprint density at radius 1 is 1.25 bits per heavy atom. The third kappa shape index (κ3) is 2.51. The smallest absolute Gasteiger partial charge is 0.146 e. The average Bonchev–Trinajstić information content (AvgIpc) is 3.32. The molecule has 0 aliphatic heterocycles. The Morgan fingerprint density at radius 3 is 2.71 bits per heavy atom. The van der Waals surface area contributed by atoms with Gasteiger partial charge in [-0.1, -0.05) is 12.1 Å². The molecule has 0 saturated heterocycles. The number of aryl methyl sites for hydroxylation is 1. The summed E-state index contributed by atoms with van der Waals surface area (Å²) in [5, 5.41) is 8.21. The van der Waals surface area contributed by atoms with Gasteiger partial charge in [-0.25, -0.2) is 8.42 Å². The Balaban J connectivity index is 1.86. The molecule has 6 heteroatoms. The number of nitrogens with one attached hydrogen (secondary N) is 1. The summed E-state index contributed by atoms with van der Waals surface area (Å²) in [5.41, 5.74) is 5.83. The second-order valence-corrected chi connectivity index (χ2v) is 7.84. The van der Waals surface area contributed by atoms with Crippen LogP contribution in [0.1, 0.15) is 47.8 Å². The van der Waals surface area contributed by atoms with Crippen molar-refractivity contribution < 1.29 is 8.42 Å². The zero-order valence-corrected chi connectivity index (χ0v) is 14.5. The Morgan fingerprint density at radius 2 is 2.04 bits per heavy atom. The van der Waals surface area contributed by atoms with E-state index in [2.05, 4.69) is 15.2 Å². The number of benzene rings is 1. The van der Waals surface area contributed by atoms with Gasteiger partial charge in [0.1, 0.15) is 10.7 Å². The molecule has 24 heavy (non-hydrogen) atoms. The van der Waals surface area contributed by atoms with Gasteiger partial charge < -0.3 is 0 Å². The number of fused-ring (bicyclic) bond motifs is 1. The predicted molar refractivity (Wildman–Crippen MR) is 94.8 cm³/mol. The average molecular weight is 341 g/mol. The van der Waals surface area contributed by atoms with Crippen molar-refractivity contribution in [3.63, 3.8) is 0 Å². The van der Waals surface area contributed by atoms with E-state index >= 15 is 0 Å². The van der Waals surface area contributed by atoms with Crippen molar-refractivity contribution in [3.8, 4) is 11.3 Å². The van der Waals surface area contributed by atoms with E-state index in [1.54, 1.807) is 13.1 Å². The van der Waals surface area contributed by atoms with E-state index in [1.807, 2.05) is 31.2 Å². The van der Waals surface area contributed by atoms with E-state index in [0.717, 1.165) is 39.0 Å². The quantitative estimate of drug-likeness (QED) is 0.712. The van der Waals surface area contributed by atoms with Crippen LogP contribution < -0.4 is 0 Å². The van der Waals surface area contributed by atoms with Crippen molar-refractivity contribution in [2.75, 3.05) is 0 Å². The summed E-state index contributed by atoms with van der Waals surface area (Å²) in [7, 11) is -2.47. The lowest BCUT2D eigenvalue weighted by Gasteiger charge is -2.11. The topological polar surface area (TPSA) is 75.7 Å². The van der Waals surface area contributed by atoms with Crippen LogP contribution in [0.25, 0.3) is 22.2 Å². The van der Waals surface area contributed by atoms with E-state index in [-0.39, 0.29) is 0 Å². The molecule has 0 bridgehead atoms. The molecule has 3 aromatic rings. The van der Waals surface area contributed by atoms with Crippen LogP contribution in [0, 0.1) is 6.92 Å². The molecular formula is C18H19N3O2S. The SMILES string of the molecule is Cc1cc(-c2nccc3[nH]nc(C4CC4)c23)ccc1C(C)[SH](=O)=O. The molecule has 1 aliphatic carbocycles. The van der Waals surface area contributed by atoms with E-state index < -0.39 is 16.0 Å². The highest BCUT2D eigenvalue weighted by Crippen LogP contribution is 2.44. The molecule has 0 spiro atoms. The molecule has 124 valence electrons. The van der Waals surface area contributed by atoms with Gasteiger partial charge >= 0.3 is 0 Å². The number of nitrogens with zero attached hydrogens (tertiary/aromatic N) is 2. The molecule has 0 amide bonds. The van der Waals surface area contributed by atoms with Crippen molar-refractivity contribution in [2.45, 2.75) is 37.9 Å². The van der Waals surface area contributed by atoms with Gasteiger partial charge in [-0.3, -0.25) is 10.1 Å². The number of pyridine rings is 1. The van der Waals surface area contributed by atoms with E-state index in [0.29, 0.717) is 5.92 Å². The van der Waals surface area contributed by atoms with Gasteiger partial charge in [0.05, 0.1) is 22.2 Å². The highest BCUT2D eigenvalue weighted by molar-refractivity contribution is 7.72. The summed E-state index contributed by atoms with van der Waals surface area (Å²) in [6.07, 6.45) is 4.15. The van der Waals surface area contributed by atoms with Crippen molar-refractivity contribution in [1.82, 2.24) is 15.2 Å². The van der Waals surface area contributed by atoms with E-state index in [4.69, 9.17) is 0 Å². The number of rotatable bonds is 4. The minimum atomic E-state index is -2.47. The summed E-state index contributed by atoms with van der Waals surface area (Å²) < 4.78 is 22.6. The standard InChI is InChI=1S/C18H19N3O2S/c1-10-9-13(5-6-14(10)11(2)24(22)23)17-16-15(7-8-19-17)20-21-18(16)12-3-4-12/h5-9,11-12,24H,3-4H2,1-2H3,(H,20,21). The van der Waals surface area contributed by atoms with E-state index in [9.17, 15) is 8.42 Å². The molecule has 1 aromatic carbocycles. The number of hydrogen-bond acceptors (Lipinski definition) is 4. The van der Waals surface area contributed by atoms with Crippen LogP contribution in [0.5, 0.6) is 0 Å². The predicted octanol–water partition coefficient (Wildman–Crippen LogP) is 3.48. The zero-order valence-electron chi connectivity index (χ0n) is 13.6. The second kappa shape index (κ2) is 5.70. The van der Waals surface area contributed by atoms with Gasteiger partial charge in [-0.05, 0) is 49.9 Å². The number of H-pyrrole nitrogens is 1. The van der Waals surface area contributed by atoms with E-state index in [1.165, 1.54) is 12.8 Å². The Labute approximate surface area is 142 Å². The molecule has 0 radical (unpaired) electrons. The summed E-state index contributed by atoms with van der Waals surface area (Å²) >= 11 is 0. The third-order valence-corrected chi connectivity index (χ3v) is 5.69. The fourth-order valence-electron chi connectivity index (χ4n) is 3.27. The summed E-state index contributed by atoms with van der Waals surface area (Å²) in [6.45, 7) is 3.67. The lowest BCUT2D eigenvalue weighted by Crippen LogP contribution is -1.99. The third-order valence-electron chi connectivity index (χ3n) is 4.78. The summed E-state index contributed by atoms with van der Waals surface area (Å²) in [4.78, 5) is 4.59. The first kappa shape index (κ1) is 15.3. The van der Waals surface area contributed by atoms with Crippen LogP contribution >= 0.6 is 0 Å². The molecule has 1 N–H and O–H groups in total. The minimum Gasteiger partial charge on any atom is -0.277 e. The lowest BCUT2D eigenvalue weighted by molar-refractivity contribution is 0.605. The Kier molecular flexibility index (Phi) is 3.64. The largest absolute Gasteiger partial charge is 0.277 e. The van der Waals surface area contributed by atoms with Gasteiger partial charge in [-0.2, -0.15) is 5.10 Å². The fraction of sp³-hybridized carbons (Fsp3) is 0.333. The molecule has 5 nitrogen and oxygen atoms in total.